The minimum atomic E-state index is 0.181. The van der Waals surface area contributed by atoms with Crippen molar-refractivity contribution in [2.75, 3.05) is 6.61 Å². The van der Waals surface area contributed by atoms with Gasteiger partial charge in [0.2, 0.25) is 0 Å². The molecule has 0 aliphatic carbocycles. The highest BCUT2D eigenvalue weighted by atomic mass is 16.5. The first-order chi connectivity index (χ1) is 10.1. The molecule has 2 aromatic rings. The average Bonchev–Trinajstić information content (AvgIpc) is 2.91. The summed E-state index contributed by atoms with van der Waals surface area (Å²) < 4.78 is 5.50. The SMILES string of the molecule is Cc1cc(C(=O)CCc2ccc3c(c2)CCO3)cc(C)n1. The van der Waals surface area contributed by atoms with Gasteiger partial charge in [0.25, 0.3) is 0 Å². The zero-order valence-electron chi connectivity index (χ0n) is 12.5. The van der Waals surface area contributed by atoms with E-state index in [0.717, 1.165) is 42.1 Å². The largest absolute Gasteiger partial charge is 0.493 e. The molecule has 0 atom stereocenters. The summed E-state index contributed by atoms with van der Waals surface area (Å²) >= 11 is 0. The summed E-state index contributed by atoms with van der Waals surface area (Å²) in [6, 6.07) is 9.97. The van der Waals surface area contributed by atoms with Crippen molar-refractivity contribution in [3.8, 4) is 5.75 Å². The van der Waals surface area contributed by atoms with E-state index < -0.39 is 0 Å². The molecule has 0 N–H and O–H groups in total. The molecule has 0 saturated carbocycles. The van der Waals surface area contributed by atoms with Gasteiger partial charge in [-0.2, -0.15) is 0 Å². The van der Waals surface area contributed by atoms with Gasteiger partial charge >= 0.3 is 0 Å². The molecule has 0 unspecified atom stereocenters. The van der Waals surface area contributed by atoms with Gasteiger partial charge in [-0.15, -0.1) is 0 Å². The maximum absolute atomic E-state index is 12.3. The standard InChI is InChI=1S/C18H19NO2/c1-12-9-16(10-13(2)19-12)17(20)5-3-14-4-6-18-15(11-14)7-8-21-18/h4,6,9-11H,3,5,7-8H2,1-2H3. The number of hydrogen-bond acceptors (Lipinski definition) is 3. The Bertz CT molecular complexity index is 671. The number of carbonyl (C=O) groups excluding carboxylic acids is 1. The fourth-order valence-corrected chi connectivity index (χ4v) is 2.79. The van der Waals surface area contributed by atoms with Gasteiger partial charge in [0, 0.05) is 29.8 Å². The lowest BCUT2D eigenvalue weighted by atomic mass is 10.0. The maximum Gasteiger partial charge on any atom is 0.163 e. The Labute approximate surface area is 125 Å². The van der Waals surface area contributed by atoms with E-state index in [1.165, 1.54) is 11.1 Å². The molecule has 108 valence electrons. The number of aromatic nitrogens is 1. The van der Waals surface area contributed by atoms with Crippen LogP contribution in [-0.4, -0.2) is 17.4 Å². The summed E-state index contributed by atoms with van der Waals surface area (Å²) in [7, 11) is 0. The number of benzene rings is 1. The maximum atomic E-state index is 12.3. The Morgan fingerprint density at radius 1 is 1.19 bits per heavy atom. The van der Waals surface area contributed by atoms with Crippen molar-refractivity contribution >= 4 is 5.78 Å². The Balaban J connectivity index is 1.68. The van der Waals surface area contributed by atoms with Crippen LogP contribution >= 0.6 is 0 Å². The van der Waals surface area contributed by atoms with Crippen LogP contribution in [0.1, 0.15) is 39.3 Å². The van der Waals surface area contributed by atoms with Crippen LogP contribution in [0.2, 0.25) is 0 Å². The molecule has 0 amide bonds. The first-order valence-corrected chi connectivity index (χ1v) is 7.35. The molecule has 1 aromatic carbocycles. The molecule has 0 bridgehead atoms. The zero-order valence-corrected chi connectivity index (χ0v) is 12.5. The fourth-order valence-electron chi connectivity index (χ4n) is 2.79. The summed E-state index contributed by atoms with van der Waals surface area (Å²) in [6.45, 7) is 4.61. The van der Waals surface area contributed by atoms with E-state index in [4.69, 9.17) is 4.74 Å². The molecule has 2 heterocycles. The molecule has 3 nitrogen and oxygen atoms in total. The third kappa shape index (κ3) is 3.13. The van der Waals surface area contributed by atoms with Crippen LogP contribution in [0, 0.1) is 13.8 Å². The predicted molar refractivity (Wildman–Crippen MR) is 82.0 cm³/mol. The number of aryl methyl sites for hydroxylation is 3. The highest BCUT2D eigenvalue weighted by Crippen LogP contribution is 2.26. The number of ether oxygens (including phenoxy) is 1. The summed E-state index contributed by atoms with van der Waals surface area (Å²) in [5, 5.41) is 0. The quantitative estimate of drug-likeness (QED) is 0.806. The molecular weight excluding hydrogens is 262 g/mol. The molecule has 1 aliphatic heterocycles. The van der Waals surface area contributed by atoms with E-state index in [2.05, 4.69) is 17.1 Å². The van der Waals surface area contributed by atoms with Crippen LogP contribution in [0.5, 0.6) is 5.75 Å². The Morgan fingerprint density at radius 3 is 2.71 bits per heavy atom. The third-order valence-corrected chi connectivity index (χ3v) is 3.80. The van der Waals surface area contributed by atoms with Gasteiger partial charge in [-0.25, -0.2) is 0 Å². The van der Waals surface area contributed by atoms with Crippen molar-refractivity contribution in [2.24, 2.45) is 0 Å². The normalized spacial score (nSPS) is 12.9. The van der Waals surface area contributed by atoms with Gasteiger partial charge in [-0.3, -0.25) is 9.78 Å². The minimum Gasteiger partial charge on any atom is -0.493 e. The van der Waals surface area contributed by atoms with Crippen LogP contribution in [0.15, 0.2) is 30.3 Å². The molecule has 0 fully saturated rings. The number of nitrogens with zero attached hydrogens (tertiary/aromatic N) is 1. The third-order valence-electron chi connectivity index (χ3n) is 3.80. The van der Waals surface area contributed by atoms with Crippen molar-refractivity contribution in [1.29, 1.82) is 0 Å². The monoisotopic (exact) mass is 281 g/mol. The predicted octanol–water partition coefficient (Wildman–Crippen LogP) is 3.45. The van der Waals surface area contributed by atoms with E-state index in [9.17, 15) is 4.79 Å². The van der Waals surface area contributed by atoms with Gasteiger partial charge in [0.15, 0.2) is 5.78 Å². The number of fused-ring (bicyclic) bond motifs is 1. The highest BCUT2D eigenvalue weighted by Gasteiger charge is 2.13. The zero-order chi connectivity index (χ0) is 14.8. The van der Waals surface area contributed by atoms with Crippen LogP contribution in [0.3, 0.4) is 0 Å². The summed E-state index contributed by atoms with van der Waals surface area (Å²) in [4.78, 5) is 16.6. The van der Waals surface area contributed by atoms with E-state index in [-0.39, 0.29) is 5.78 Å². The van der Waals surface area contributed by atoms with Crippen LogP contribution < -0.4 is 4.74 Å². The highest BCUT2D eigenvalue weighted by molar-refractivity contribution is 5.96. The van der Waals surface area contributed by atoms with Crippen LogP contribution in [0.25, 0.3) is 0 Å². The first kappa shape index (κ1) is 13.8. The smallest absolute Gasteiger partial charge is 0.163 e. The van der Waals surface area contributed by atoms with Crippen LogP contribution in [0.4, 0.5) is 0 Å². The van der Waals surface area contributed by atoms with Gasteiger partial charge in [0.1, 0.15) is 5.75 Å². The Hall–Kier alpha value is -2.16. The lowest BCUT2D eigenvalue weighted by molar-refractivity contribution is 0.0982. The van der Waals surface area contributed by atoms with E-state index in [1.807, 2.05) is 32.0 Å². The number of carbonyl (C=O) groups is 1. The molecule has 1 aromatic heterocycles. The van der Waals surface area contributed by atoms with Crippen LogP contribution in [-0.2, 0) is 12.8 Å². The van der Waals surface area contributed by atoms with Crippen molar-refractivity contribution < 1.29 is 9.53 Å². The number of rotatable bonds is 4. The van der Waals surface area contributed by atoms with E-state index >= 15 is 0 Å². The summed E-state index contributed by atoms with van der Waals surface area (Å²) in [6.07, 6.45) is 2.27. The first-order valence-electron chi connectivity index (χ1n) is 7.35. The second kappa shape index (κ2) is 5.68. The van der Waals surface area contributed by atoms with E-state index in [0.29, 0.717) is 6.42 Å². The molecule has 0 spiro atoms. The lowest BCUT2D eigenvalue weighted by Crippen LogP contribution is -2.03. The second-order valence-corrected chi connectivity index (χ2v) is 5.60. The number of pyridine rings is 1. The van der Waals surface area contributed by atoms with Gasteiger partial charge < -0.3 is 4.74 Å². The van der Waals surface area contributed by atoms with Crippen molar-refractivity contribution in [1.82, 2.24) is 4.98 Å². The van der Waals surface area contributed by atoms with E-state index in [1.54, 1.807) is 0 Å². The number of Topliss-reactive ketones (excluding diaryl/α,β-unsaturated/α-hetero) is 1. The lowest BCUT2D eigenvalue weighted by Gasteiger charge is -2.06. The molecule has 3 heteroatoms. The van der Waals surface area contributed by atoms with Crippen molar-refractivity contribution in [2.45, 2.75) is 33.1 Å². The fraction of sp³-hybridized carbons (Fsp3) is 0.333. The van der Waals surface area contributed by atoms with Gasteiger partial charge in [-0.05, 0) is 49.6 Å². The molecule has 0 saturated heterocycles. The summed E-state index contributed by atoms with van der Waals surface area (Å²) in [5.41, 5.74) is 5.02. The van der Waals surface area contributed by atoms with Crippen molar-refractivity contribution in [3.05, 3.63) is 58.4 Å². The molecule has 21 heavy (non-hydrogen) atoms. The molecule has 1 aliphatic rings. The average molecular weight is 281 g/mol. The van der Waals surface area contributed by atoms with Crippen molar-refractivity contribution in [3.63, 3.8) is 0 Å². The minimum absolute atomic E-state index is 0.181. The van der Waals surface area contributed by atoms with Gasteiger partial charge in [-0.1, -0.05) is 12.1 Å². The second-order valence-electron chi connectivity index (χ2n) is 5.60. The summed E-state index contributed by atoms with van der Waals surface area (Å²) in [5.74, 6) is 1.17. The number of ketones is 1. The Kier molecular flexibility index (Phi) is 3.74. The number of hydrogen-bond donors (Lipinski definition) is 0. The molecule has 0 radical (unpaired) electrons. The molecule has 3 rings (SSSR count). The van der Waals surface area contributed by atoms with Gasteiger partial charge in [0.05, 0.1) is 6.61 Å². The Morgan fingerprint density at radius 2 is 1.95 bits per heavy atom. The molecular formula is C18H19NO2. The topological polar surface area (TPSA) is 39.2 Å².